The van der Waals surface area contributed by atoms with Crippen molar-refractivity contribution in [2.24, 2.45) is 0 Å². The van der Waals surface area contributed by atoms with E-state index in [0.29, 0.717) is 19.3 Å². The van der Waals surface area contributed by atoms with E-state index < -0.39 is 36.9 Å². The topological polar surface area (TPSA) is 110 Å². The van der Waals surface area contributed by atoms with Crippen LogP contribution >= 0.6 is 0 Å². The Labute approximate surface area is 365 Å². The third-order valence-corrected chi connectivity index (χ3v) is 11.4. The Morgan fingerprint density at radius 2 is 0.763 bits per heavy atom. The van der Waals surface area contributed by atoms with Crippen LogP contribution in [0.3, 0.4) is 0 Å². The van der Waals surface area contributed by atoms with Crippen molar-refractivity contribution in [1.29, 1.82) is 0 Å². The predicted molar refractivity (Wildman–Crippen MR) is 256 cm³/mol. The lowest BCUT2D eigenvalue weighted by Crippen LogP contribution is -2.53. The molecule has 0 aliphatic carbocycles. The Bertz CT molecular complexity index is 1020. The molecule has 0 radical (unpaired) electrons. The van der Waals surface area contributed by atoms with Gasteiger partial charge in [-0.2, -0.15) is 0 Å². The van der Waals surface area contributed by atoms with Crippen molar-refractivity contribution in [3.05, 3.63) is 60.8 Å². The van der Waals surface area contributed by atoms with Crippen LogP contribution in [0.2, 0.25) is 0 Å². The van der Waals surface area contributed by atoms with Gasteiger partial charge in [-0.05, 0) is 96.3 Å². The van der Waals surface area contributed by atoms with Crippen molar-refractivity contribution in [2.45, 2.75) is 263 Å². The molecule has 59 heavy (non-hydrogen) atoms. The van der Waals surface area contributed by atoms with E-state index in [4.69, 9.17) is 0 Å². The van der Waals surface area contributed by atoms with Gasteiger partial charge >= 0.3 is 0 Å². The maximum absolute atomic E-state index is 12.6. The summed E-state index contributed by atoms with van der Waals surface area (Å²) < 4.78 is 0. The standard InChI is InChI=1S/C53H97NO5/c1-3-5-7-9-11-13-15-17-19-21-23-25-27-29-31-33-35-37-39-41-43-45-47-51(57)53(59)54-49(48-55)52(58)50(56)46-44-42-40-38-36-34-32-30-28-26-24-22-20-18-16-14-12-10-8-6-4-2/h22-25,29-32,38,40,49-52,55-58H,3-21,26-28,33-37,39,41-48H2,1-2H3,(H,54,59)/b24-22+,25-23-,31-29-,32-30+,40-38+. The van der Waals surface area contributed by atoms with Crippen LogP contribution in [-0.2, 0) is 4.79 Å². The van der Waals surface area contributed by atoms with Gasteiger partial charge < -0.3 is 25.7 Å². The van der Waals surface area contributed by atoms with Crippen LogP contribution in [0.1, 0.15) is 239 Å². The summed E-state index contributed by atoms with van der Waals surface area (Å²) in [7, 11) is 0. The summed E-state index contributed by atoms with van der Waals surface area (Å²) in [6.45, 7) is 4.03. The van der Waals surface area contributed by atoms with Gasteiger partial charge in [0.15, 0.2) is 0 Å². The molecule has 0 heterocycles. The monoisotopic (exact) mass is 828 g/mol. The zero-order valence-corrected chi connectivity index (χ0v) is 38.7. The summed E-state index contributed by atoms with van der Waals surface area (Å²) in [5.74, 6) is -0.608. The third-order valence-electron chi connectivity index (χ3n) is 11.4. The molecule has 0 fully saturated rings. The van der Waals surface area contributed by atoms with E-state index >= 15 is 0 Å². The van der Waals surface area contributed by atoms with E-state index in [1.165, 1.54) is 135 Å². The Morgan fingerprint density at radius 1 is 0.424 bits per heavy atom. The molecule has 0 bridgehead atoms. The van der Waals surface area contributed by atoms with Gasteiger partial charge in [0.05, 0.1) is 18.8 Å². The second-order valence-electron chi connectivity index (χ2n) is 17.1. The molecule has 0 aliphatic rings. The summed E-state index contributed by atoms with van der Waals surface area (Å²) >= 11 is 0. The summed E-state index contributed by atoms with van der Waals surface area (Å²) in [6.07, 6.45) is 59.7. The molecule has 4 atom stereocenters. The van der Waals surface area contributed by atoms with Crippen LogP contribution < -0.4 is 5.32 Å². The average molecular weight is 828 g/mol. The SMILES string of the molecule is CCCCCCCCCC/C=C/CC/C=C/CC/C=C/CCCC(O)C(O)C(CO)NC(=O)C(O)CCCCCCCC/C=C\C/C=C\CCCCCCCCCCC. The lowest BCUT2D eigenvalue weighted by Gasteiger charge is -2.27. The number of rotatable bonds is 45. The van der Waals surface area contributed by atoms with E-state index in [0.717, 1.165) is 70.6 Å². The van der Waals surface area contributed by atoms with Crippen molar-refractivity contribution in [3.8, 4) is 0 Å². The maximum Gasteiger partial charge on any atom is 0.249 e. The van der Waals surface area contributed by atoms with Crippen LogP contribution in [0.4, 0.5) is 0 Å². The highest BCUT2D eigenvalue weighted by Crippen LogP contribution is 2.15. The Kier molecular flexibility index (Phi) is 45.5. The second kappa shape index (κ2) is 47.1. The fraction of sp³-hybridized carbons (Fsp3) is 0.792. The number of hydrogen-bond donors (Lipinski definition) is 5. The number of unbranched alkanes of at least 4 members (excludes halogenated alkanes) is 26. The van der Waals surface area contributed by atoms with Gasteiger partial charge in [0.1, 0.15) is 12.2 Å². The van der Waals surface area contributed by atoms with Gasteiger partial charge in [-0.1, -0.05) is 203 Å². The molecule has 0 aromatic carbocycles. The Morgan fingerprint density at radius 3 is 1.17 bits per heavy atom. The highest BCUT2D eigenvalue weighted by atomic mass is 16.3. The summed E-state index contributed by atoms with van der Waals surface area (Å²) in [5, 5.41) is 43.8. The molecule has 0 saturated carbocycles. The smallest absolute Gasteiger partial charge is 0.249 e. The van der Waals surface area contributed by atoms with Crippen molar-refractivity contribution < 1.29 is 25.2 Å². The molecular weight excluding hydrogens is 731 g/mol. The highest BCUT2D eigenvalue weighted by Gasteiger charge is 2.28. The van der Waals surface area contributed by atoms with Gasteiger partial charge in [0.2, 0.25) is 5.91 Å². The van der Waals surface area contributed by atoms with Crippen molar-refractivity contribution in [1.82, 2.24) is 5.32 Å². The molecule has 0 saturated heterocycles. The molecule has 5 N–H and O–H groups in total. The maximum atomic E-state index is 12.6. The lowest BCUT2D eigenvalue weighted by atomic mass is 10.00. The molecule has 1 amide bonds. The van der Waals surface area contributed by atoms with Gasteiger partial charge in [-0.3, -0.25) is 4.79 Å². The first-order chi connectivity index (χ1) is 29.0. The van der Waals surface area contributed by atoms with Crippen LogP contribution in [0.15, 0.2) is 60.8 Å². The van der Waals surface area contributed by atoms with Crippen molar-refractivity contribution >= 4 is 5.91 Å². The quantitative estimate of drug-likeness (QED) is 0.0310. The molecular formula is C53H97NO5. The fourth-order valence-corrected chi connectivity index (χ4v) is 7.41. The first kappa shape index (κ1) is 57.0. The minimum atomic E-state index is -1.30. The number of carbonyl (C=O) groups excluding carboxylic acids is 1. The molecule has 0 spiro atoms. The largest absolute Gasteiger partial charge is 0.394 e. The molecule has 6 nitrogen and oxygen atoms in total. The Balaban J connectivity index is 3.81. The number of hydrogen-bond acceptors (Lipinski definition) is 5. The van der Waals surface area contributed by atoms with E-state index in [9.17, 15) is 25.2 Å². The zero-order valence-electron chi connectivity index (χ0n) is 38.7. The minimum Gasteiger partial charge on any atom is -0.394 e. The number of carbonyl (C=O) groups is 1. The van der Waals surface area contributed by atoms with Gasteiger partial charge in [-0.15, -0.1) is 0 Å². The Hall–Kier alpha value is -1.99. The summed E-state index contributed by atoms with van der Waals surface area (Å²) in [6, 6.07) is -1.02. The molecule has 0 aromatic heterocycles. The van der Waals surface area contributed by atoms with E-state index in [1.807, 2.05) is 0 Å². The van der Waals surface area contributed by atoms with Crippen molar-refractivity contribution in [2.75, 3.05) is 6.61 Å². The first-order valence-corrected chi connectivity index (χ1v) is 25.2. The number of aliphatic hydroxyl groups is 4. The third kappa shape index (κ3) is 41.2. The average Bonchev–Trinajstić information content (AvgIpc) is 3.24. The molecule has 4 unspecified atom stereocenters. The van der Waals surface area contributed by atoms with E-state index in [2.05, 4.69) is 79.9 Å². The zero-order chi connectivity index (χ0) is 43.1. The van der Waals surface area contributed by atoms with Gasteiger partial charge in [0.25, 0.3) is 0 Å². The fourth-order valence-electron chi connectivity index (χ4n) is 7.41. The van der Waals surface area contributed by atoms with Crippen molar-refractivity contribution in [3.63, 3.8) is 0 Å². The molecule has 0 aliphatic heterocycles. The predicted octanol–water partition coefficient (Wildman–Crippen LogP) is 14.0. The van der Waals surface area contributed by atoms with Crippen LogP contribution in [0, 0.1) is 0 Å². The number of aliphatic hydroxyl groups excluding tert-OH is 4. The number of amides is 1. The summed E-state index contributed by atoms with van der Waals surface area (Å²) in [4.78, 5) is 12.6. The molecule has 0 aromatic rings. The van der Waals surface area contributed by atoms with Crippen LogP contribution in [-0.4, -0.2) is 57.3 Å². The minimum absolute atomic E-state index is 0.344. The van der Waals surface area contributed by atoms with Gasteiger partial charge in [-0.25, -0.2) is 0 Å². The highest BCUT2D eigenvalue weighted by molar-refractivity contribution is 5.80. The lowest BCUT2D eigenvalue weighted by molar-refractivity contribution is -0.132. The molecule has 0 rings (SSSR count). The van der Waals surface area contributed by atoms with E-state index in [-0.39, 0.29) is 0 Å². The molecule has 344 valence electrons. The summed E-state index contributed by atoms with van der Waals surface area (Å²) in [5.41, 5.74) is 0. The number of nitrogens with one attached hydrogen (secondary N) is 1. The molecule has 6 heteroatoms. The number of allylic oxidation sites excluding steroid dienone is 10. The second-order valence-corrected chi connectivity index (χ2v) is 17.1. The van der Waals surface area contributed by atoms with E-state index in [1.54, 1.807) is 0 Å². The van der Waals surface area contributed by atoms with Gasteiger partial charge in [0, 0.05) is 0 Å². The van der Waals surface area contributed by atoms with Crippen LogP contribution in [0.25, 0.3) is 0 Å². The normalized spacial score (nSPS) is 14.5. The van der Waals surface area contributed by atoms with Crippen LogP contribution in [0.5, 0.6) is 0 Å². The first-order valence-electron chi connectivity index (χ1n) is 25.2.